The predicted molar refractivity (Wildman–Crippen MR) is 72.8 cm³/mol. The molecule has 2 rings (SSSR count). The van der Waals surface area contributed by atoms with Crippen molar-refractivity contribution in [2.45, 2.75) is 25.0 Å². The van der Waals surface area contributed by atoms with Gasteiger partial charge in [-0.2, -0.15) is 0 Å². The molecule has 2 unspecified atom stereocenters. The highest BCUT2D eigenvalue weighted by Crippen LogP contribution is 2.27. The molecule has 1 heterocycles. The second-order valence-electron chi connectivity index (χ2n) is 4.89. The molecule has 104 valence electrons. The van der Waals surface area contributed by atoms with Gasteiger partial charge in [0.25, 0.3) is 5.91 Å². The summed E-state index contributed by atoms with van der Waals surface area (Å²) in [5.74, 6) is -0.537. The third-order valence-electron chi connectivity index (χ3n) is 3.55. The predicted octanol–water partition coefficient (Wildman–Crippen LogP) is 0.319. The van der Waals surface area contributed by atoms with Crippen LogP contribution < -0.4 is 16.8 Å². The lowest BCUT2D eigenvalue weighted by molar-refractivity contribution is -0.0176. The molecule has 6 N–H and O–H groups in total. The van der Waals surface area contributed by atoms with Gasteiger partial charge < -0.3 is 26.6 Å². The van der Waals surface area contributed by atoms with Crippen LogP contribution in [-0.2, 0) is 4.74 Å². The summed E-state index contributed by atoms with van der Waals surface area (Å²) in [4.78, 5) is 11.3. The monoisotopic (exact) mass is 265 g/mol. The largest absolute Gasteiger partial charge is 0.399 e. The Bertz CT molecular complexity index is 492. The van der Waals surface area contributed by atoms with E-state index in [-0.39, 0.29) is 12.6 Å². The molecule has 1 amide bonds. The maximum atomic E-state index is 11.3. The fraction of sp³-hybridized carbons (Fsp3) is 0.462. The number of carbonyl (C=O) groups excluding carboxylic acids is 1. The lowest BCUT2D eigenvalue weighted by Gasteiger charge is -2.27. The quantitative estimate of drug-likeness (QED) is 0.586. The summed E-state index contributed by atoms with van der Waals surface area (Å²) in [5, 5.41) is 13.4. The maximum absolute atomic E-state index is 11.3. The van der Waals surface area contributed by atoms with Gasteiger partial charge in [-0.05, 0) is 25.1 Å². The van der Waals surface area contributed by atoms with Gasteiger partial charge in [0.15, 0.2) is 0 Å². The van der Waals surface area contributed by atoms with Crippen LogP contribution in [0.1, 0.15) is 23.7 Å². The number of amides is 1. The Hall–Kier alpha value is -1.79. The lowest BCUT2D eigenvalue weighted by Crippen LogP contribution is -2.43. The molecule has 0 aliphatic carbocycles. The van der Waals surface area contributed by atoms with Crippen molar-refractivity contribution in [3.8, 4) is 0 Å². The first-order chi connectivity index (χ1) is 8.92. The molecule has 0 radical (unpaired) electrons. The zero-order chi connectivity index (χ0) is 14.0. The number of nitrogens with two attached hydrogens (primary N) is 2. The Morgan fingerprint density at radius 2 is 2.37 bits per heavy atom. The summed E-state index contributed by atoms with van der Waals surface area (Å²) in [6.07, 6.45) is 0.299. The third-order valence-corrected chi connectivity index (χ3v) is 3.55. The molecule has 1 aromatic carbocycles. The molecule has 0 spiro atoms. The van der Waals surface area contributed by atoms with Crippen molar-refractivity contribution in [2.75, 3.05) is 24.2 Å². The number of rotatable bonds is 4. The second kappa shape index (κ2) is 5.07. The number of aliphatic hydroxyl groups is 1. The molecule has 1 aromatic rings. The van der Waals surface area contributed by atoms with Crippen molar-refractivity contribution in [3.05, 3.63) is 23.8 Å². The molecule has 2 atom stereocenters. The minimum Gasteiger partial charge on any atom is -0.399 e. The molecule has 6 nitrogen and oxygen atoms in total. The van der Waals surface area contributed by atoms with E-state index in [9.17, 15) is 9.90 Å². The number of hydrogen-bond donors (Lipinski definition) is 4. The van der Waals surface area contributed by atoms with Crippen molar-refractivity contribution in [1.82, 2.24) is 0 Å². The topological polar surface area (TPSA) is 111 Å². The van der Waals surface area contributed by atoms with Gasteiger partial charge >= 0.3 is 0 Å². The Morgan fingerprint density at radius 3 is 2.95 bits per heavy atom. The van der Waals surface area contributed by atoms with Gasteiger partial charge in [0.2, 0.25) is 0 Å². The smallest absolute Gasteiger partial charge is 0.250 e. The van der Waals surface area contributed by atoms with Crippen molar-refractivity contribution >= 4 is 17.3 Å². The van der Waals surface area contributed by atoms with Crippen molar-refractivity contribution in [1.29, 1.82) is 0 Å². The standard InChI is InChI=1S/C13H19N3O3/c1-8-13(18,4-5-19-8)7-16-11-6-9(14)2-3-10(11)12(15)17/h2-3,6,8,16,18H,4-5,7,14H2,1H3,(H2,15,17). The van der Waals surface area contributed by atoms with Gasteiger partial charge in [-0.25, -0.2) is 0 Å². The van der Waals surface area contributed by atoms with Crippen LogP contribution in [0.2, 0.25) is 0 Å². The summed E-state index contributed by atoms with van der Waals surface area (Å²) < 4.78 is 5.35. The van der Waals surface area contributed by atoms with Crippen LogP contribution in [0.25, 0.3) is 0 Å². The molecule has 1 aliphatic heterocycles. The normalized spacial score (nSPS) is 26.3. The number of ether oxygens (including phenoxy) is 1. The highest BCUT2D eigenvalue weighted by molar-refractivity contribution is 5.99. The molecule has 1 fully saturated rings. The number of anilines is 2. The molecule has 0 aromatic heterocycles. The Morgan fingerprint density at radius 1 is 1.63 bits per heavy atom. The van der Waals surface area contributed by atoms with Gasteiger partial charge in [-0.1, -0.05) is 0 Å². The fourth-order valence-electron chi connectivity index (χ4n) is 2.17. The first kappa shape index (κ1) is 13.6. The molecular weight excluding hydrogens is 246 g/mol. The number of nitrogen functional groups attached to an aromatic ring is 1. The number of hydrogen-bond acceptors (Lipinski definition) is 5. The van der Waals surface area contributed by atoms with Crippen molar-refractivity contribution in [2.24, 2.45) is 5.73 Å². The van der Waals surface area contributed by atoms with E-state index >= 15 is 0 Å². The summed E-state index contributed by atoms with van der Waals surface area (Å²) in [6.45, 7) is 2.62. The molecule has 19 heavy (non-hydrogen) atoms. The van der Waals surface area contributed by atoms with Gasteiger partial charge in [0, 0.05) is 30.9 Å². The molecule has 6 heteroatoms. The first-order valence-corrected chi connectivity index (χ1v) is 6.19. The Balaban J connectivity index is 2.15. The van der Waals surface area contributed by atoms with E-state index in [1.165, 1.54) is 0 Å². The van der Waals surface area contributed by atoms with E-state index in [1.54, 1.807) is 18.2 Å². The van der Waals surface area contributed by atoms with Crippen LogP contribution in [0, 0.1) is 0 Å². The third kappa shape index (κ3) is 2.80. The summed E-state index contributed by atoms with van der Waals surface area (Å²) >= 11 is 0. The molecule has 0 bridgehead atoms. The van der Waals surface area contributed by atoms with Gasteiger partial charge in [-0.3, -0.25) is 4.79 Å². The summed E-state index contributed by atoms with van der Waals surface area (Å²) in [5.41, 5.74) is 11.5. The lowest BCUT2D eigenvalue weighted by atomic mass is 9.96. The molecule has 1 saturated heterocycles. The maximum Gasteiger partial charge on any atom is 0.250 e. The van der Waals surface area contributed by atoms with Crippen LogP contribution in [0.3, 0.4) is 0 Å². The number of primary amides is 1. The highest BCUT2D eigenvalue weighted by Gasteiger charge is 2.39. The number of carbonyl (C=O) groups is 1. The van der Waals surface area contributed by atoms with E-state index in [2.05, 4.69) is 5.32 Å². The van der Waals surface area contributed by atoms with Crippen molar-refractivity contribution < 1.29 is 14.6 Å². The van der Waals surface area contributed by atoms with Gasteiger partial charge in [0.1, 0.15) is 5.60 Å². The number of benzene rings is 1. The summed E-state index contributed by atoms with van der Waals surface area (Å²) in [7, 11) is 0. The van der Waals surface area contributed by atoms with Gasteiger partial charge in [0.05, 0.1) is 11.7 Å². The molecular formula is C13H19N3O3. The highest BCUT2D eigenvalue weighted by atomic mass is 16.5. The zero-order valence-corrected chi connectivity index (χ0v) is 10.8. The number of nitrogens with one attached hydrogen (secondary N) is 1. The first-order valence-electron chi connectivity index (χ1n) is 6.19. The van der Waals surface area contributed by atoms with Crippen molar-refractivity contribution in [3.63, 3.8) is 0 Å². The zero-order valence-electron chi connectivity index (χ0n) is 10.8. The molecule has 1 aliphatic rings. The van der Waals surface area contributed by atoms with E-state index < -0.39 is 11.5 Å². The van der Waals surface area contributed by atoms with Crippen LogP contribution >= 0.6 is 0 Å². The molecule has 0 saturated carbocycles. The fourth-order valence-corrected chi connectivity index (χ4v) is 2.17. The van der Waals surface area contributed by atoms with Crippen LogP contribution in [0.4, 0.5) is 11.4 Å². The van der Waals surface area contributed by atoms with Crippen LogP contribution in [0.15, 0.2) is 18.2 Å². The SMILES string of the molecule is CC1OCCC1(O)CNc1cc(N)ccc1C(N)=O. The van der Waals surface area contributed by atoms with E-state index in [0.717, 1.165) is 0 Å². The summed E-state index contributed by atoms with van der Waals surface area (Å²) in [6, 6.07) is 4.81. The van der Waals surface area contributed by atoms with Crippen LogP contribution in [-0.4, -0.2) is 35.9 Å². The van der Waals surface area contributed by atoms with E-state index in [1.807, 2.05) is 6.92 Å². The minimum absolute atomic E-state index is 0.252. The Labute approximate surface area is 111 Å². The minimum atomic E-state index is -0.945. The van der Waals surface area contributed by atoms with E-state index in [4.69, 9.17) is 16.2 Å². The average molecular weight is 265 g/mol. The van der Waals surface area contributed by atoms with Crippen LogP contribution in [0.5, 0.6) is 0 Å². The van der Waals surface area contributed by atoms with Gasteiger partial charge in [-0.15, -0.1) is 0 Å². The second-order valence-corrected chi connectivity index (χ2v) is 4.89. The average Bonchev–Trinajstić information content (AvgIpc) is 2.67. The van der Waals surface area contributed by atoms with E-state index in [0.29, 0.717) is 30.0 Å². The Kier molecular flexibility index (Phi) is 3.64.